The van der Waals surface area contributed by atoms with E-state index >= 15 is 0 Å². The lowest BCUT2D eigenvalue weighted by Gasteiger charge is -2.43. The number of nitrogens with two attached hydrogens (primary N) is 1. The molecular weight excluding hydrogens is 434 g/mol. The average Bonchev–Trinajstić information content (AvgIpc) is 3.16. The highest BCUT2D eigenvalue weighted by Crippen LogP contribution is 2.40. The van der Waals surface area contributed by atoms with Gasteiger partial charge < -0.3 is 20.2 Å². The Labute approximate surface area is 188 Å². The third kappa shape index (κ3) is 5.30. The summed E-state index contributed by atoms with van der Waals surface area (Å²) in [5.41, 5.74) is 5.19. The van der Waals surface area contributed by atoms with Crippen LogP contribution < -0.4 is 26.7 Å². The molecule has 0 atom stereocenters. The zero-order chi connectivity index (χ0) is 23.1. The molecule has 168 valence electrons. The van der Waals surface area contributed by atoms with Crippen LogP contribution in [0.15, 0.2) is 32.5 Å². The van der Waals surface area contributed by atoms with Crippen LogP contribution in [0, 0.1) is 11.3 Å². The number of nitrogens with zero attached hydrogens (tertiary/aromatic N) is 4. The second kappa shape index (κ2) is 10.1. The number of amides is 1. The standard InChI is InChI=1S/C20H23N7O4S/c1-12(5-10-22)23-18-26-27-19(32-18)24-16(28)14-11-13(15(30-2)17(29)31-14)25-20(6-3-7-20)8-4-9-21/h5,10-11,25H,3-4,6-8,22H2,1-2H3,(H,24,27,28). The minimum atomic E-state index is -0.788. The van der Waals surface area contributed by atoms with Gasteiger partial charge in [0, 0.05) is 23.7 Å². The Morgan fingerprint density at radius 1 is 1.50 bits per heavy atom. The monoisotopic (exact) mass is 457 g/mol. The molecule has 0 unspecified atom stereocenters. The molecule has 1 fully saturated rings. The molecule has 0 spiro atoms. The van der Waals surface area contributed by atoms with Gasteiger partial charge in [-0.15, -0.1) is 10.2 Å². The van der Waals surface area contributed by atoms with Crippen molar-refractivity contribution < 1.29 is 13.9 Å². The predicted octanol–water partition coefficient (Wildman–Crippen LogP) is 2.96. The summed E-state index contributed by atoms with van der Waals surface area (Å²) in [4.78, 5) is 29.3. The summed E-state index contributed by atoms with van der Waals surface area (Å²) in [6.45, 7) is 1.75. The molecule has 11 nitrogen and oxygen atoms in total. The molecule has 2 aromatic rings. The Balaban J connectivity index is 1.82. The van der Waals surface area contributed by atoms with Gasteiger partial charge in [-0.1, -0.05) is 11.3 Å². The summed E-state index contributed by atoms with van der Waals surface area (Å²) in [7, 11) is 1.35. The van der Waals surface area contributed by atoms with Crippen molar-refractivity contribution in [3.63, 3.8) is 0 Å². The van der Waals surface area contributed by atoms with Gasteiger partial charge in [-0.2, -0.15) is 5.26 Å². The maximum absolute atomic E-state index is 12.7. The van der Waals surface area contributed by atoms with Crippen molar-refractivity contribution >= 4 is 38.9 Å². The highest BCUT2D eigenvalue weighted by atomic mass is 32.1. The van der Waals surface area contributed by atoms with E-state index in [1.165, 1.54) is 19.4 Å². The number of anilines is 2. The van der Waals surface area contributed by atoms with E-state index in [1.54, 1.807) is 13.0 Å². The van der Waals surface area contributed by atoms with Gasteiger partial charge in [0.25, 0.3) is 5.91 Å². The number of hydrogen-bond donors (Lipinski definition) is 3. The average molecular weight is 458 g/mol. The topological polar surface area (TPSA) is 169 Å². The van der Waals surface area contributed by atoms with Crippen LogP contribution in [0.3, 0.4) is 0 Å². The third-order valence-corrected chi connectivity index (χ3v) is 5.74. The molecule has 1 amide bonds. The van der Waals surface area contributed by atoms with Crippen LogP contribution in [0.4, 0.5) is 16.0 Å². The molecule has 4 N–H and O–H groups in total. The van der Waals surface area contributed by atoms with Gasteiger partial charge in [0.15, 0.2) is 5.76 Å². The molecule has 1 saturated carbocycles. The smallest absolute Gasteiger partial charge is 0.381 e. The summed E-state index contributed by atoms with van der Waals surface area (Å²) in [5, 5.41) is 23.1. The first-order valence-corrected chi connectivity index (χ1v) is 10.7. The minimum Gasteiger partial charge on any atom is -0.488 e. The first kappa shape index (κ1) is 23.0. The maximum atomic E-state index is 12.7. The SMILES string of the molecule is COc1c(NC2(CCC#N)CCC2)cc(C(=O)Nc2nnc(N=C(C)C=CN)s2)oc1=O. The summed E-state index contributed by atoms with van der Waals surface area (Å²) in [6.07, 6.45) is 6.68. The Bertz CT molecular complexity index is 1140. The molecule has 2 aromatic heterocycles. The third-order valence-electron chi connectivity index (χ3n) is 5.01. The largest absolute Gasteiger partial charge is 0.488 e. The Hall–Kier alpha value is -3.72. The van der Waals surface area contributed by atoms with Gasteiger partial charge in [0.2, 0.25) is 16.0 Å². The molecule has 12 heteroatoms. The first-order valence-electron chi connectivity index (χ1n) is 9.85. The minimum absolute atomic E-state index is 0.0271. The number of aromatic nitrogens is 2. The Morgan fingerprint density at radius 3 is 2.91 bits per heavy atom. The fourth-order valence-corrected chi connectivity index (χ4v) is 3.97. The number of nitrogens with one attached hydrogen (secondary N) is 2. The zero-order valence-electron chi connectivity index (χ0n) is 17.7. The van der Waals surface area contributed by atoms with Crippen LogP contribution in [0.25, 0.3) is 0 Å². The van der Waals surface area contributed by atoms with Crippen LogP contribution >= 0.6 is 11.3 Å². The molecular formula is C20H23N7O4S. The van der Waals surface area contributed by atoms with Crippen LogP contribution in [-0.2, 0) is 0 Å². The van der Waals surface area contributed by atoms with Crippen molar-refractivity contribution in [3.05, 3.63) is 34.5 Å². The summed E-state index contributed by atoms with van der Waals surface area (Å²) in [5.74, 6) is -0.908. The van der Waals surface area contributed by atoms with E-state index < -0.39 is 11.5 Å². The lowest BCUT2D eigenvalue weighted by molar-refractivity contribution is 0.0991. The number of aliphatic imine (C=N–C) groups is 1. The van der Waals surface area contributed by atoms with Gasteiger partial charge in [-0.25, -0.2) is 9.79 Å². The Kier molecular flexibility index (Phi) is 7.21. The maximum Gasteiger partial charge on any atom is 0.381 e. The fourth-order valence-electron chi connectivity index (χ4n) is 3.30. The van der Waals surface area contributed by atoms with E-state index in [4.69, 9.17) is 20.1 Å². The summed E-state index contributed by atoms with van der Waals surface area (Å²) < 4.78 is 10.3. The quantitative estimate of drug-likeness (QED) is 0.479. The molecule has 1 aliphatic carbocycles. The second-order valence-electron chi connectivity index (χ2n) is 7.22. The predicted molar refractivity (Wildman–Crippen MR) is 121 cm³/mol. The van der Waals surface area contributed by atoms with E-state index in [-0.39, 0.29) is 22.2 Å². The van der Waals surface area contributed by atoms with Gasteiger partial charge in [0.1, 0.15) is 0 Å². The molecule has 32 heavy (non-hydrogen) atoms. The van der Waals surface area contributed by atoms with Crippen LogP contribution in [-0.4, -0.2) is 34.5 Å². The van der Waals surface area contributed by atoms with Crippen molar-refractivity contribution in [1.29, 1.82) is 5.26 Å². The van der Waals surface area contributed by atoms with E-state index in [9.17, 15) is 9.59 Å². The number of rotatable bonds is 9. The lowest BCUT2D eigenvalue weighted by Crippen LogP contribution is -2.45. The molecule has 0 saturated heterocycles. The van der Waals surface area contributed by atoms with Crippen molar-refractivity contribution in [2.24, 2.45) is 10.7 Å². The van der Waals surface area contributed by atoms with Crippen molar-refractivity contribution in [2.75, 3.05) is 17.7 Å². The lowest BCUT2D eigenvalue weighted by atomic mass is 9.73. The molecule has 3 rings (SSSR count). The number of carbonyl (C=O) groups is 1. The van der Waals surface area contributed by atoms with E-state index in [2.05, 4.69) is 31.9 Å². The normalized spacial score (nSPS) is 15.1. The van der Waals surface area contributed by atoms with Gasteiger partial charge in [-0.3, -0.25) is 10.1 Å². The van der Waals surface area contributed by atoms with Crippen molar-refractivity contribution in [3.8, 4) is 11.8 Å². The van der Waals surface area contributed by atoms with Crippen molar-refractivity contribution in [2.45, 2.75) is 44.6 Å². The number of allylic oxidation sites excluding steroid dienone is 1. The van der Waals surface area contributed by atoms with E-state index in [1.807, 2.05) is 0 Å². The zero-order valence-corrected chi connectivity index (χ0v) is 18.5. The molecule has 0 aliphatic heterocycles. The number of methoxy groups -OCH3 is 1. The first-order chi connectivity index (χ1) is 15.4. The second-order valence-corrected chi connectivity index (χ2v) is 8.17. The number of ether oxygens (including phenoxy) is 1. The fraction of sp³-hybridized carbons (Fsp3) is 0.400. The van der Waals surface area contributed by atoms with Crippen molar-refractivity contribution in [1.82, 2.24) is 10.2 Å². The molecule has 0 radical (unpaired) electrons. The number of nitriles is 1. The molecule has 0 bridgehead atoms. The molecule has 0 aromatic carbocycles. The van der Waals surface area contributed by atoms with E-state index in [0.29, 0.717) is 29.4 Å². The number of hydrogen-bond acceptors (Lipinski definition) is 11. The van der Waals surface area contributed by atoms with Gasteiger partial charge in [-0.05, 0) is 44.9 Å². The highest BCUT2D eigenvalue weighted by Gasteiger charge is 2.37. The number of carbonyl (C=O) groups excluding carboxylic acids is 1. The van der Waals surface area contributed by atoms with Crippen LogP contribution in [0.1, 0.15) is 49.6 Å². The molecule has 2 heterocycles. The highest BCUT2D eigenvalue weighted by molar-refractivity contribution is 7.18. The van der Waals surface area contributed by atoms with Gasteiger partial charge in [0.05, 0.1) is 18.9 Å². The summed E-state index contributed by atoms with van der Waals surface area (Å²) >= 11 is 1.05. The summed E-state index contributed by atoms with van der Waals surface area (Å²) in [6, 6.07) is 3.56. The Morgan fingerprint density at radius 2 is 2.28 bits per heavy atom. The van der Waals surface area contributed by atoms with Crippen LogP contribution in [0.2, 0.25) is 0 Å². The van der Waals surface area contributed by atoms with Crippen LogP contribution in [0.5, 0.6) is 5.75 Å². The van der Waals surface area contributed by atoms with E-state index in [0.717, 1.165) is 30.6 Å². The van der Waals surface area contributed by atoms with Gasteiger partial charge >= 0.3 is 5.63 Å². The molecule has 1 aliphatic rings.